The molecule has 128 valence electrons. The highest BCUT2D eigenvalue weighted by Crippen LogP contribution is 2.30. The molecule has 2 heterocycles. The van der Waals surface area contributed by atoms with Gasteiger partial charge in [-0.1, -0.05) is 29.4 Å². The third-order valence-corrected chi connectivity index (χ3v) is 3.84. The fourth-order valence-corrected chi connectivity index (χ4v) is 2.35. The van der Waals surface area contributed by atoms with E-state index in [0.717, 1.165) is 16.9 Å². The average molecular weight is 346 g/mol. The van der Waals surface area contributed by atoms with E-state index in [-0.39, 0.29) is 5.82 Å². The molecule has 0 unspecified atom stereocenters. The Morgan fingerprint density at radius 1 is 0.960 bits per heavy atom. The first-order valence-corrected chi connectivity index (χ1v) is 7.73. The molecule has 25 heavy (non-hydrogen) atoms. The van der Waals surface area contributed by atoms with Crippen LogP contribution in [-0.2, 0) is 6.18 Å². The van der Waals surface area contributed by atoms with Gasteiger partial charge in [0.2, 0.25) is 5.82 Å². The van der Waals surface area contributed by atoms with Gasteiger partial charge in [0, 0.05) is 23.4 Å². The van der Waals surface area contributed by atoms with Crippen molar-refractivity contribution in [1.82, 2.24) is 15.1 Å². The van der Waals surface area contributed by atoms with Gasteiger partial charge >= 0.3 is 12.1 Å². The third-order valence-electron chi connectivity index (χ3n) is 3.84. The first kappa shape index (κ1) is 15.6. The van der Waals surface area contributed by atoms with E-state index in [1.165, 1.54) is 12.8 Å². The number of pyridine rings is 1. The van der Waals surface area contributed by atoms with Crippen LogP contribution in [0.1, 0.15) is 18.7 Å². The maximum Gasteiger partial charge on any atom is 0.471 e. The second-order valence-electron chi connectivity index (χ2n) is 5.85. The highest BCUT2D eigenvalue weighted by Gasteiger charge is 2.38. The Morgan fingerprint density at radius 2 is 1.64 bits per heavy atom. The van der Waals surface area contributed by atoms with Crippen molar-refractivity contribution < 1.29 is 17.7 Å². The minimum Gasteiger partial charge on any atom is -0.367 e. The quantitative estimate of drug-likeness (QED) is 0.759. The monoisotopic (exact) mass is 346 g/mol. The summed E-state index contributed by atoms with van der Waals surface area (Å²) in [4.78, 5) is 7.75. The van der Waals surface area contributed by atoms with Crippen LogP contribution in [0.3, 0.4) is 0 Å². The lowest BCUT2D eigenvalue weighted by Crippen LogP contribution is -2.04. The second kappa shape index (κ2) is 5.87. The summed E-state index contributed by atoms with van der Waals surface area (Å²) in [5.74, 6) is -0.607. The highest BCUT2D eigenvalue weighted by molar-refractivity contribution is 5.67. The molecule has 1 saturated carbocycles. The van der Waals surface area contributed by atoms with Crippen LogP contribution in [0.25, 0.3) is 22.5 Å². The van der Waals surface area contributed by atoms with Gasteiger partial charge in [-0.3, -0.25) is 0 Å². The van der Waals surface area contributed by atoms with E-state index in [1.54, 1.807) is 30.5 Å². The Bertz CT molecular complexity index is 868. The number of hydrogen-bond donors (Lipinski definition) is 1. The van der Waals surface area contributed by atoms with E-state index in [2.05, 4.69) is 25.0 Å². The Morgan fingerprint density at radius 3 is 2.20 bits per heavy atom. The fraction of sp³-hybridized carbons (Fsp3) is 0.235. The zero-order valence-corrected chi connectivity index (χ0v) is 12.9. The summed E-state index contributed by atoms with van der Waals surface area (Å²) in [5.41, 5.74) is 2.26. The van der Waals surface area contributed by atoms with Crippen molar-refractivity contribution in [3.8, 4) is 22.5 Å². The van der Waals surface area contributed by atoms with E-state index >= 15 is 0 Å². The van der Waals surface area contributed by atoms with Gasteiger partial charge in [0.1, 0.15) is 5.82 Å². The Labute approximate surface area is 140 Å². The predicted octanol–water partition coefficient (Wildman–Crippen LogP) is 4.39. The summed E-state index contributed by atoms with van der Waals surface area (Å²) < 4.78 is 41.8. The Balaban J connectivity index is 1.52. The molecule has 1 fully saturated rings. The zero-order valence-electron chi connectivity index (χ0n) is 12.9. The minimum atomic E-state index is -4.65. The average Bonchev–Trinajstić information content (AvgIpc) is 3.25. The smallest absolute Gasteiger partial charge is 0.367 e. The van der Waals surface area contributed by atoms with Gasteiger partial charge in [0.15, 0.2) is 0 Å². The van der Waals surface area contributed by atoms with Crippen LogP contribution in [0.5, 0.6) is 0 Å². The van der Waals surface area contributed by atoms with E-state index in [0.29, 0.717) is 11.6 Å². The van der Waals surface area contributed by atoms with Crippen LogP contribution in [0.4, 0.5) is 19.0 Å². The molecule has 1 aliphatic rings. The number of halogens is 3. The normalized spacial score (nSPS) is 14.5. The van der Waals surface area contributed by atoms with E-state index in [4.69, 9.17) is 0 Å². The number of aromatic nitrogens is 3. The first-order valence-electron chi connectivity index (χ1n) is 7.73. The zero-order chi connectivity index (χ0) is 17.4. The summed E-state index contributed by atoms with van der Waals surface area (Å²) in [6.45, 7) is 0. The molecule has 1 N–H and O–H groups in total. The summed E-state index contributed by atoms with van der Waals surface area (Å²) in [5, 5.41) is 6.68. The van der Waals surface area contributed by atoms with E-state index in [9.17, 15) is 13.2 Å². The second-order valence-corrected chi connectivity index (χ2v) is 5.85. The van der Waals surface area contributed by atoms with Crippen molar-refractivity contribution in [2.45, 2.75) is 25.1 Å². The van der Waals surface area contributed by atoms with Crippen LogP contribution in [-0.4, -0.2) is 21.2 Å². The largest absolute Gasteiger partial charge is 0.471 e. The SMILES string of the molecule is FC(F)(F)c1nc(-c2ccc(-c3ccc(NC4CC4)nc3)cc2)no1. The summed E-state index contributed by atoms with van der Waals surface area (Å²) in [6.07, 6.45) is -0.531. The molecular weight excluding hydrogens is 333 g/mol. The van der Waals surface area contributed by atoms with Crippen LogP contribution in [0, 0.1) is 0 Å². The molecule has 3 aromatic rings. The lowest BCUT2D eigenvalue weighted by molar-refractivity contribution is -0.159. The van der Waals surface area contributed by atoms with Crippen molar-refractivity contribution in [2.75, 3.05) is 5.32 Å². The minimum absolute atomic E-state index is 0.0963. The highest BCUT2D eigenvalue weighted by atomic mass is 19.4. The van der Waals surface area contributed by atoms with E-state index < -0.39 is 12.1 Å². The topological polar surface area (TPSA) is 63.8 Å². The molecule has 4 rings (SSSR count). The molecule has 0 aliphatic heterocycles. The van der Waals surface area contributed by atoms with Crippen molar-refractivity contribution in [1.29, 1.82) is 0 Å². The van der Waals surface area contributed by atoms with Crippen LogP contribution in [0.15, 0.2) is 47.1 Å². The van der Waals surface area contributed by atoms with Crippen molar-refractivity contribution in [3.05, 3.63) is 48.5 Å². The van der Waals surface area contributed by atoms with Gasteiger partial charge in [-0.2, -0.15) is 18.2 Å². The molecule has 0 saturated heterocycles. The van der Waals surface area contributed by atoms with Crippen molar-refractivity contribution in [2.24, 2.45) is 0 Å². The number of hydrogen-bond acceptors (Lipinski definition) is 5. The lowest BCUT2D eigenvalue weighted by Gasteiger charge is -2.06. The number of anilines is 1. The van der Waals surface area contributed by atoms with Gasteiger partial charge in [-0.15, -0.1) is 0 Å². The first-order chi connectivity index (χ1) is 12.0. The maximum atomic E-state index is 12.5. The van der Waals surface area contributed by atoms with Crippen LogP contribution in [0.2, 0.25) is 0 Å². The van der Waals surface area contributed by atoms with Gasteiger partial charge in [-0.25, -0.2) is 4.98 Å². The molecule has 0 radical (unpaired) electrons. The molecule has 8 heteroatoms. The molecule has 0 bridgehead atoms. The lowest BCUT2D eigenvalue weighted by atomic mass is 10.1. The number of nitrogens with one attached hydrogen (secondary N) is 1. The number of alkyl halides is 3. The fourth-order valence-electron chi connectivity index (χ4n) is 2.35. The molecular formula is C17H13F3N4O. The summed E-state index contributed by atoms with van der Waals surface area (Å²) in [7, 11) is 0. The molecule has 1 aliphatic carbocycles. The maximum absolute atomic E-state index is 12.5. The molecule has 5 nitrogen and oxygen atoms in total. The van der Waals surface area contributed by atoms with Crippen LogP contribution >= 0.6 is 0 Å². The van der Waals surface area contributed by atoms with E-state index in [1.807, 2.05) is 12.1 Å². The standard InChI is InChI=1S/C17H13F3N4O/c18-17(19,20)16-23-15(24-25-16)11-3-1-10(2-4-11)12-5-8-14(21-9-12)22-13-6-7-13/h1-5,8-9,13H,6-7H2,(H,21,22). The van der Waals surface area contributed by atoms with Gasteiger partial charge < -0.3 is 9.84 Å². The Hall–Kier alpha value is -2.90. The van der Waals surface area contributed by atoms with Gasteiger partial charge in [0.05, 0.1) is 0 Å². The number of nitrogens with zero attached hydrogens (tertiary/aromatic N) is 3. The third kappa shape index (κ3) is 3.47. The Kier molecular flexibility index (Phi) is 3.67. The molecule has 2 aromatic heterocycles. The number of benzene rings is 1. The molecule has 0 spiro atoms. The summed E-state index contributed by atoms with van der Waals surface area (Å²) in [6, 6.07) is 11.3. The molecule has 0 amide bonds. The van der Waals surface area contributed by atoms with Crippen molar-refractivity contribution in [3.63, 3.8) is 0 Å². The van der Waals surface area contributed by atoms with Crippen molar-refractivity contribution >= 4 is 5.82 Å². The predicted molar refractivity (Wildman–Crippen MR) is 84.6 cm³/mol. The summed E-state index contributed by atoms with van der Waals surface area (Å²) >= 11 is 0. The van der Waals surface area contributed by atoms with Crippen LogP contribution < -0.4 is 5.32 Å². The van der Waals surface area contributed by atoms with Gasteiger partial charge in [-0.05, 0) is 30.5 Å². The van der Waals surface area contributed by atoms with Gasteiger partial charge in [0.25, 0.3) is 0 Å². The molecule has 0 atom stereocenters. The number of rotatable bonds is 4. The molecule has 1 aromatic carbocycles.